The van der Waals surface area contributed by atoms with E-state index >= 15 is 0 Å². The van der Waals surface area contributed by atoms with Gasteiger partial charge in [-0.2, -0.15) is 0 Å². The monoisotopic (exact) mass is 407 g/mol. The summed E-state index contributed by atoms with van der Waals surface area (Å²) in [4.78, 5) is 25.6. The van der Waals surface area contributed by atoms with Crippen molar-refractivity contribution in [1.29, 1.82) is 0 Å². The van der Waals surface area contributed by atoms with Gasteiger partial charge in [0.15, 0.2) is 0 Å². The number of nitrogens with one attached hydrogen (secondary N) is 2. The summed E-state index contributed by atoms with van der Waals surface area (Å²) >= 11 is 0. The molecule has 0 unspecified atom stereocenters. The summed E-state index contributed by atoms with van der Waals surface area (Å²) in [5.74, 6) is -0.322. The van der Waals surface area contributed by atoms with E-state index in [4.69, 9.17) is 4.74 Å². The molecule has 1 heterocycles. The molecule has 0 aromatic heterocycles. The molecule has 2 N–H and O–H groups in total. The maximum Gasteiger partial charge on any atom is 0.410 e. The van der Waals surface area contributed by atoms with E-state index in [9.17, 15) is 14.0 Å². The number of halogens is 1. The van der Waals surface area contributed by atoms with Crippen molar-refractivity contribution in [3.63, 3.8) is 0 Å². The van der Waals surface area contributed by atoms with Gasteiger partial charge in [0.05, 0.1) is 5.56 Å². The minimum Gasteiger partial charge on any atom is -0.444 e. The van der Waals surface area contributed by atoms with Crippen molar-refractivity contribution in [1.82, 2.24) is 10.2 Å². The molecule has 0 saturated carbocycles. The number of hydrogen-bond donors (Lipinski definition) is 2. The predicted octanol–water partition coefficient (Wildman–Crippen LogP) is 4.41. The van der Waals surface area contributed by atoms with Crippen molar-refractivity contribution >= 4 is 17.7 Å². The van der Waals surface area contributed by atoms with Crippen molar-refractivity contribution in [2.45, 2.75) is 59.0 Å². The minimum atomic E-state index is -0.518. The Morgan fingerprint density at radius 1 is 1.24 bits per heavy atom. The van der Waals surface area contributed by atoms with Crippen LogP contribution >= 0.6 is 0 Å². The average molecular weight is 408 g/mol. The second-order valence-corrected chi connectivity index (χ2v) is 8.53. The van der Waals surface area contributed by atoms with Crippen LogP contribution in [0.15, 0.2) is 18.2 Å². The highest BCUT2D eigenvalue weighted by molar-refractivity contribution is 5.94. The highest BCUT2D eigenvalue weighted by Crippen LogP contribution is 2.23. The molecule has 2 amide bonds. The van der Waals surface area contributed by atoms with E-state index in [2.05, 4.69) is 10.6 Å². The van der Waals surface area contributed by atoms with E-state index < -0.39 is 17.3 Å². The third-order valence-corrected chi connectivity index (χ3v) is 4.94. The van der Waals surface area contributed by atoms with E-state index in [1.807, 2.05) is 20.8 Å². The van der Waals surface area contributed by atoms with Crippen molar-refractivity contribution in [2.75, 3.05) is 31.5 Å². The van der Waals surface area contributed by atoms with Gasteiger partial charge in [0.25, 0.3) is 5.91 Å². The fourth-order valence-corrected chi connectivity index (χ4v) is 3.42. The second kappa shape index (κ2) is 10.5. The Kier molecular flexibility index (Phi) is 8.29. The number of ether oxygens (including phenoxy) is 1. The first-order chi connectivity index (χ1) is 13.7. The van der Waals surface area contributed by atoms with E-state index in [1.165, 1.54) is 12.1 Å². The molecule has 7 heteroatoms. The number of nitrogens with zero attached hydrogens (tertiary/aromatic N) is 1. The topological polar surface area (TPSA) is 70.7 Å². The quantitative estimate of drug-likeness (QED) is 0.657. The number of hydrogen-bond acceptors (Lipinski definition) is 4. The first-order valence-electron chi connectivity index (χ1n) is 10.5. The zero-order chi connectivity index (χ0) is 21.4. The second-order valence-electron chi connectivity index (χ2n) is 8.53. The molecule has 0 aliphatic carbocycles. The summed E-state index contributed by atoms with van der Waals surface area (Å²) in [6, 6.07) is 4.60. The number of carbonyl (C=O) groups is 2. The smallest absolute Gasteiger partial charge is 0.410 e. The van der Waals surface area contributed by atoms with Gasteiger partial charge in [0, 0.05) is 31.9 Å². The molecular weight excluding hydrogens is 373 g/mol. The molecule has 0 radical (unpaired) electrons. The lowest BCUT2D eigenvalue weighted by Crippen LogP contribution is -2.41. The van der Waals surface area contributed by atoms with Crippen LogP contribution in [0.1, 0.15) is 63.7 Å². The number of carbonyl (C=O) groups excluding carboxylic acids is 2. The van der Waals surface area contributed by atoms with Gasteiger partial charge in [-0.05, 0) is 77.5 Å². The molecule has 1 saturated heterocycles. The molecule has 29 heavy (non-hydrogen) atoms. The maximum atomic E-state index is 14.1. The number of benzene rings is 1. The molecule has 0 bridgehead atoms. The van der Waals surface area contributed by atoms with Gasteiger partial charge < -0.3 is 20.3 Å². The van der Waals surface area contributed by atoms with Crippen molar-refractivity contribution in [3.8, 4) is 0 Å². The van der Waals surface area contributed by atoms with E-state index in [-0.39, 0.29) is 11.7 Å². The maximum absolute atomic E-state index is 14.1. The first-order valence-corrected chi connectivity index (χ1v) is 10.5. The van der Waals surface area contributed by atoms with Crippen LogP contribution in [0.4, 0.5) is 14.9 Å². The van der Waals surface area contributed by atoms with Crippen LogP contribution < -0.4 is 10.6 Å². The molecule has 1 aromatic carbocycles. The predicted molar refractivity (Wildman–Crippen MR) is 113 cm³/mol. The normalized spacial score (nSPS) is 15.1. The van der Waals surface area contributed by atoms with E-state index in [0.717, 1.165) is 45.3 Å². The summed E-state index contributed by atoms with van der Waals surface area (Å²) in [5.41, 5.74) is 0.279. The summed E-state index contributed by atoms with van der Waals surface area (Å²) in [6.07, 6.45) is 3.77. The molecule has 1 aliphatic rings. The number of rotatable bonds is 7. The Bertz CT molecular complexity index is 695. The summed E-state index contributed by atoms with van der Waals surface area (Å²) < 4.78 is 19.5. The molecule has 1 aliphatic heterocycles. The molecule has 0 atom stereocenters. The van der Waals surface area contributed by atoms with Crippen LogP contribution in [0, 0.1) is 11.7 Å². The lowest BCUT2D eigenvalue weighted by Gasteiger charge is -2.33. The van der Waals surface area contributed by atoms with Gasteiger partial charge in [0.2, 0.25) is 0 Å². The van der Waals surface area contributed by atoms with Crippen LogP contribution in [-0.4, -0.2) is 48.7 Å². The Morgan fingerprint density at radius 3 is 2.52 bits per heavy atom. The summed E-state index contributed by atoms with van der Waals surface area (Å²) in [7, 11) is 0. The van der Waals surface area contributed by atoms with Crippen LogP contribution in [0.25, 0.3) is 0 Å². The molecule has 6 nitrogen and oxygen atoms in total. The van der Waals surface area contributed by atoms with Gasteiger partial charge >= 0.3 is 6.09 Å². The van der Waals surface area contributed by atoms with Crippen LogP contribution in [0.2, 0.25) is 0 Å². The standard InChI is InChI=1S/C22H34FN3O3/c1-5-24-20(27)18-9-8-17(15-19(18)23)25-12-6-7-16-10-13-26(14-11-16)21(28)29-22(2,3)4/h8-9,15-16,25H,5-7,10-14H2,1-4H3,(H,24,27). The average Bonchev–Trinajstić information content (AvgIpc) is 2.64. The number of likely N-dealkylation sites (tertiary alicyclic amines) is 1. The van der Waals surface area contributed by atoms with Crippen molar-refractivity contribution < 1.29 is 18.7 Å². The minimum absolute atomic E-state index is 0.0640. The SMILES string of the molecule is CCNC(=O)c1ccc(NCCCC2CCN(C(=O)OC(C)(C)C)CC2)cc1F. The highest BCUT2D eigenvalue weighted by Gasteiger charge is 2.26. The molecule has 1 fully saturated rings. The van der Waals surface area contributed by atoms with Gasteiger partial charge in [-0.3, -0.25) is 4.79 Å². The van der Waals surface area contributed by atoms with Gasteiger partial charge in [-0.25, -0.2) is 9.18 Å². The zero-order valence-electron chi connectivity index (χ0n) is 18.0. The van der Waals surface area contributed by atoms with Crippen molar-refractivity contribution in [2.24, 2.45) is 5.92 Å². The molecule has 0 spiro atoms. The fraction of sp³-hybridized carbons (Fsp3) is 0.636. The lowest BCUT2D eigenvalue weighted by molar-refractivity contribution is 0.0181. The Labute approximate surface area is 173 Å². The van der Waals surface area contributed by atoms with Crippen molar-refractivity contribution in [3.05, 3.63) is 29.6 Å². The molecule has 1 aromatic rings. The van der Waals surface area contributed by atoms with Crippen LogP contribution in [0.3, 0.4) is 0 Å². The Hall–Kier alpha value is -2.31. The Balaban J connectivity index is 1.68. The van der Waals surface area contributed by atoms with E-state index in [0.29, 0.717) is 18.2 Å². The lowest BCUT2D eigenvalue weighted by atomic mass is 9.92. The summed E-state index contributed by atoms with van der Waals surface area (Å²) in [6.45, 7) is 10.1. The van der Waals surface area contributed by atoms with Gasteiger partial charge in [0.1, 0.15) is 11.4 Å². The third kappa shape index (κ3) is 7.55. The molecular formula is C22H34FN3O3. The fourth-order valence-electron chi connectivity index (χ4n) is 3.42. The number of anilines is 1. The number of piperidine rings is 1. The third-order valence-electron chi connectivity index (χ3n) is 4.94. The number of amides is 2. The zero-order valence-corrected chi connectivity index (χ0v) is 18.0. The molecule has 2 rings (SSSR count). The largest absolute Gasteiger partial charge is 0.444 e. The van der Waals surface area contributed by atoms with Crippen LogP contribution in [-0.2, 0) is 4.74 Å². The van der Waals surface area contributed by atoms with Crippen LogP contribution in [0.5, 0.6) is 0 Å². The first kappa shape index (κ1) is 23.0. The van der Waals surface area contributed by atoms with E-state index in [1.54, 1.807) is 17.9 Å². The van der Waals surface area contributed by atoms with Gasteiger partial charge in [-0.1, -0.05) is 0 Å². The summed E-state index contributed by atoms with van der Waals surface area (Å²) in [5, 5.41) is 5.82. The highest BCUT2D eigenvalue weighted by atomic mass is 19.1. The molecule has 162 valence electrons. The van der Waals surface area contributed by atoms with Gasteiger partial charge in [-0.15, -0.1) is 0 Å². The Morgan fingerprint density at radius 2 is 1.93 bits per heavy atom.